The highest BCUT2D eigenvalue weighted by atomic mass is 16.7. The Morgan fingerprint density at radius 1 is 1.69 bits per heavy atom. The van der Waals surface area contributed by atoms with Crippen LogP contribution in [-0.2, 0) is 9.47 Å². The van der Waals surface area contributed by atoms with Crippen molar-refractivity contribution >= 4 is 0 Å². The van der Waals surface area contributed by atoms with Crippen molar-refractivity contribution in [2.45, 2.75) is 31.9 Å². The molecule has 0 bridgehead atoms. The molecule has 1 N–H and O–H groups in total. The summed E-state index contributed by atoms with van der Waals surface area (Å²) in [7, 11) is 0. The lowest BCUT2D eigenvalue weighted by Crippen LogP contribution is -2.37. The number of terminal acetylenes is 1. The monoisotopic (exact) mass is 183 g/mol. The lowest BCUT2D eigenvalue weighted by Gasteiger charge is -2.24. The predicted octanol–water partition coefficient (Wildman–Crippen LogP) is 0.751. The van der Waals surface area contributed by atoms with Crippen molar-refractivity contribution in [2.24, 2.45) is 0 Å². The zero-order valence-corrected chi connectivity index (χ0v) is 8.08. The number of rotatable bonds is 4. The number of ether oxygens (including phenoxy) is 2. The van der Waals surface area contributed by atoms with Gasteiger partial charge < -0.3 is 14.8 Å². The highest BCUT2D eigenvalue weighted by molar-refractivity contribution is 4.88. The molecule has 0 aromatic carbocycles. The molecule has 0 amide bonds. The lowest BCUT2D eigenvalue weighted by atomic mass is 10.2. The second-order valence-electron chi connectivity index (χ2n) is 3.32. The van der Waals surface area contributed by atoms with Crippen LogP contribution in [-0.4, -0.2) is 32.1 Å². The van der Waals surface area contributed by atoms with Crippen LogP contribution in [0.2, 0.25) is 0 Å². The van der Waals surface area contributed by atoms with E-state index in [0.29, 0.717) is 12.8 Å². The lowest BCUT2D eigenvalue weighted by molar-refractivity contribution is -0.137. The molecule has 0 radical (unpaired) electrons. The zero-order chi connectivity index (χ0) is 9.52. The van der Waals surface area contributed by atoms with Gasteiger partial charge in [-0.2, -0.15) is 0 Å². The number of hydrogen-bond donors (Lipinski definition) is 1. The van der Waals surface area contributed by atoms with E-state index < -0.39 is 0 Å². The summed E-state index contributed by atoms with van der Waals surface area (Å²) in [6.45, 7) is 4.18. The third-order valence-electron chi connectivity index (χ3n) is 2.09. The summed E-state index contributed by atoms with van der Waals surface area (Å²) in [6, 6.07) is 0.372. The van der Waals surface area contributed by atoms with E-state index >= 15 is 0 Å². The second kappa shape index (κ2) is 5.98. The predicted molar refractivity (Wildman–Crippen MR) is 51.2 cm³/mol. The van der Waals surface area contributed by atoms with Crippen molar-refractivity contribution in [3.05, 3.63) is 0 Å². The molecule has 0 aromatic rings. The van der Waals surface area contributed by atoms with Gasteiger partial charge in [-0.1, -0.05) is 0 Å². The molecule has 2 atom stereocenters. The fourth-order valence-electron chi connectivity index (χ4n) is 1.24. The van der Waals surface area contributed by atoms with Crippen molar-refractivity contribution < 1.29 is 9.47 Å². The van der Waals surface area contributed by atoms with Crippen LogP contribution in [0.5, 0.6) is 0 Å². The Hall–Kier alpha value is -0.560. The molecule has 13 heavy (non-hydrogen) atoms. The maximum atomic E-state index is 5.37. The minimum absolute atomic E-state index is 0.286. The van der Waals surface area contributed by atoms with Gasteiger partial charge in [0.1, 0.15) is 6.79 Å². The number of nitrogens with one attached hydrogen (secondary N) is 1. The van der Waals surface area contributed by atoms with Crippen LogP contribution in [0, 0.1) is 12.3 Å². The van der Waals surface area contributed by atoms with E-state index in [1.54, 1.807) is 0 Å². The summed E-state index contributed by atoms with van der Waals surface area (Å²) in [5, 5.41) is 3.33. The molecule has 1 rings (SSSR count). The average molecular weight is 183 g/mol. The Morgan fingerprint density at radius 2 is 2.54 bits per heavy atom. The van der Waals surface area contributed by atoms with Gasteiger partial charge in [0.15, 0.2) is 0 Å². The second-order valence-corrected chi connectivity index (χ2v) is 3.32. The topological polar surface area (TPSA) is 30.5 Å². The first-order chi connectivity index (χ1) is 6.33. The Bertz CT molecular complexity index is 170. The molecule has 2 unspecified atom stereocenters. The SMILES string of the molecule is C#CCC(C)NCC1CCOCO1. The summed E-state index contributed by atoms with van der Waals surface area (Å²) < 4.78 is 10.4. The molecule has 74 valence electrons. The minimum atomic E-state index is 0.286. The highest BCUT2D eigenvalue weighted by Gasteiger charge is 2.14. The molecule has 3 heteroatoms. The minimum Gasteiger partial charge on any atom is -0.355 e. The Balaban J connectivity index is 2.07. The van der Waals surface area contributed by atoms with E-state index in [0.717, 1.165) is 26.0 Å². The first kappa shape index (κ1) is 10.5. The quantitative estimate of drug-likeness (QED) is 0.652. The van der Waals surface area contributed by atoms with E-state index in [9.17, 15) is 0 Å². The first-order valence-corrected chi connectivity index (χ1v) is 4.69. The molecule has 1 heterocycles. The van der Waals surface area contributed by atoms with Gasteiger partial charge in [-0.3, -0.25) is 0 Å². The largest absolute Gasteiger partial charge is 0.355 e. The highest BCUT2D eigenvalue weighted by Crippen LogP contribution is 2.04. The molecule has 1 aliphatic rings. The van der Waals surface area contributed by atoms with Gasteiger partial charge in [0.2, 0.25) is 0 Å². The maximum absolute atomic E-state index is 5.37. The summed E-state index contributed by atoms with van der Waals surface area (Å²) >= 11 is 0. The standard InChI is InChI=1S/C10H17NO2/c1-3-4-9(2)11-7-10-5-6-12-8-13-10/h1,9-11H,4-8H2,2H3. The van der Waals surface area contributed by atoms with Crippen molar-refractivity contribution in [3.8, 4) is 12.3 Å². The number of hydrogen-bond acceptors (Lipinski definition) is 3. The summed E-state index contributed by atoms with van der Waals surface area (Å²) in [6.07, 6.45) is 7.22. The fraction of sp³-hybridized carbons (Fsp3) is 0.800. The van der Waals surface area contributed by atoms with Crippen LogP contribution in [0.15, 0.2) is 0 Å². The van der Waals surface area contributed by atoms with Gasteiger partial charge in [0.25, 0.3) is 0 Å². The molecule has 0 aromatic heterocycles. The van der Waals surface area contributed by atoms with E-state index in [1.807, 2.05) is 0 Å². The van der Waals surface area contributed by atoms with E-state index in [1.165, 1.54) is 0 Å². The van der Waals surface area contributed by atoms with Gasteiger partial charge in [0.05, 0.1) is 12.7 Å². The van der Waals surface area contributed by atoms with Gasteiger partial charge >= 0.3 is 0 Å². The molecular weight excluding hydrogens is 166 g/mol. The van der Waals surface area contributed by atoms with Crippen LogP contribution in [0.1, 0.15) is 19.8 Å². The van der Waals surface area contributed by atoms with Gasteiger partial charge in [-0.05, 0) is 13.3 Å². The third kappa shape index (κ3) is 4.28. The molecule has 1 saturated heterocycles. The normalized spacial score (nSPS) is 25.1. The Labute approximate surface area is 79.8 Å². The Kier molecular flexibility index (Phi) is 4.84. The summed E-state index contributed by atoms with van der Waals surface area (Å²) in [4.78, 5) is 0. The van der Waals surface area contributed by atoms with Crippen molar-refractivity contribution in [1.82, 2.24) is 5.32 Å². The average Bonchev–Trinajstić information content (AvgIpc) is 2.17. The van der Waals surface area contributed by atoms with Crippen molar-refractivity contribution in [1.29, 1.82) is 0 Å². The molecule has 0 spiro atoms. The third-order valence-corrected chi connectivity index (χ3v) is 2.09. The van der Waals surface area contributed by atoms with Gasteiger partial charge in [0, 0.05) is 19.0 Å². The van der Waals surface area contributed by atoms with Gasteiger partial charge in [-0.15, -0.1) is 12.3 Å². The van der Waals surface area contributed by atoms with Crippen molar-refractivity contribution in [3.63, 3.8) is 0 Å². The molecule has 0 saturated carbocycles. The van der Waals surface area contributed by atoms with E-state index in [-0.39, 0.29) is 6.10 Å². The molecule has 1 aliphatic heterocycles. The van der Waals surface area contributed by atoms with Crippen LogP contribution in [0.4, 0.5) is 0 Å². The maximum Gasteiger partial charge on any atom is 0.147 e. The summed E-state index contributed by atoms with van der Waals surface area (Å²) in [5.74, 6) is 2.63. The molecule has 0 aliphatic carbocycles. The van der Waals surface area contributed by atoms with E-state index in [4.69, 9.17) is 15.9 Å². The molecule has 1 fully saturated rings. The zero-order valence-electron chi connectivity index (χ0n) is 8.08. The van der Waals surface area contributed by atoms with Gasteiger partial charge in [-0.25, -0.2) is 0 Å². The first-order valence-electron chi connectivity index (χ1n) is 4.69. The van der Waals surface area contributed by atoms with Crippen molar-refractivity contribution in [2.75, 3.05) is 19.9 Å². The Morgan fingerprint density at radius 3 is 3.15 bits per heavy atom. The van der Waals surface area contributed by atoms with E-state index in [2.05, 4.69) is 18.2 Å². The van der Waals surface area contributed by atoms with Crippen LogP contribution in [0.3, 0.4) is 0 Å². The smallest absolute Gasteiger partial charge is 0.147 e. The fourth-order valence-corrected chi connectivity index (χ4v) is 1.24. The van der Waals surface area contributed by atoms with Crippen LogP contribution < -0.4 is 5.32 Å². The molecule has 3 nitrogen and oxygen atoms in total. The van der Waals surface area contributed by atoms with Crippen LogP contribution in [0.25, 0.3) is 0 Å². The van der Waals surface area contributed by atoms with Crippen LogP contribution >= 0.6 is 0 Å². The molecular formula is C10H17NO2. The summed E-state index contributed by atoms with van der Waals surface area (Å²) in [5.41, 5.74) is 0.